The topological polar surface area (TPSA) is 39.9 Å². The van der Waals surface area contributed by atoms with Crippen LogP contribution < -0.4 is 4.74 Å². The molecule has 3 heterocycles. The van der Waals surface area contributed by atoms with Crippen LogP contribution in [-0.2, 0) is 5.41 Å². The van der Waals surface area contributed by atoms with Crippen molar-refractivity contribution < 1.29 is 4.74 Å². The third-order valence-corrected chi connectivity index (χ3v) is 13.9. The fourth-order valence-electron chi connectivity index (χ4n) is 11.0. The van der Waals surface area contributed by atoms with Gasteiger partial charge in [-0.25, -0.2) is 9.97 Å². The van der Waals surface area contributed by atoms with Gasteiger partial charge in [0.25, 0.3) is 0 Å². The van der Waals surface area contributed by atoms with Crippen LogP contribution in [0.4, 0.5) is 0 Å². The number of aromatic nitrogens is 3. The third kappa shape index (κ3) is 5.13. The van der Waals surface area contributed by atoms with Crippen LogP contribution in [0, 0.1) is 0 Å². The number of nitrogens with zero attached hydrogens (tertiary/aromatic N) is 3. The summed E-state index contributed by atoms with van der Waals surface area (Å²) in [5, 5.41) is 6.96. The van der Waals surface area contributed by atoms with Gasteiger partial charge in [0.15, 0.2) is 5.82 Å². The normalized spacial score (nSPS) is 13.2. The van der Waals surface area contributed by atoms with Gasteiger partial charge in [0.2, 0.25) is 0 Å². The zero-order valence-electron chi connectivity index (χ0n) is 35.1. The van der Waals surface area contributed by atoms with Gasteiger partial charge in [-0.05, 0) is 69.4 Å². The zero-order valence-corrected chi connectivity index (χ0v) is 35.1. The number of hydrogen-bond donors (Lipinski definition) is 0. The van der Waals surface area contributed by atoms with E-state index in [1.165, 1.54) is 44.1 Å². The van der Waals surface area contributed by atoms with Gasteiger partial charge >= 0.3 is 0 Å². The quantitative estimate of drug-likeness (QED) is 0.177. The van der Waals surface area contributed by atoms with Crippen molar-refractivity contribution in [1.82, 2.24) is 14.5 Å². The smallest absolute Gasteiger partial charge is 0.160 e. The lowest BCUT2D eigenvalue weighted by Crippen LogP contribution is -2.32. The minimum Gasteiger partial charge on any atom is -0.455 e. The van der Waals surface area contributed by atoms with Crippen molar-refractivity contribution >= 4 is 43.4 Å². The number of fused-ring (bicyclic) bond motifs is 16. The summed E-state index contributed by atoms with van der Waals surface area (Å²) >= 11 is 0. The fraction of sp³-hybridized carbons (Fsp3) is 0.0164. The molecule has 2 aromatic heterocycles. The highest BCUT2D eigenvalue weighted by atomic mass is 16.5. The fourth-order valence-corrected chi connectivity index (χ4v) is 11.0. The van der Waals surface area contributed by atoms with E-state index in [9.17, 15) is 0 Å². The number of para-hydroxylation sites is 2. The predicted molar refractivity (Wildman–Crippen MR) is 265 cm³/mol. The van der Waals surface area contributed by atoms with E-state index in [1.807, 2.05) is 6.07 Å². The monoisotopic (exact) mass is 827 g/mol. The lowest BCUT2D eigenvalue weighted by Gasteiger charge is -2.40. The lowest BCUT2D eigenvalue weighted by atomic mass is 9.65. The zero-order chi connectivity index (χ0) is 42.6. The lowest BCUT2D eigenvalue weighted by molar-refractivity contribution is 0.447. The number of rotatable bonds is 4. The summed E-state index contributed by atoms with van der Waals surface area (Å²) < 4.78 is 9.59. The van der Waals surface area contributed by atoms with E-state index in [1.54, 1.807) is 0 Å². The van der Waals surface area contributed by atoms with E-state index in [0.717, 1.165) is 77.9 Å². The van der Waals surface area contributed by atoms with Gasteiger partial charge in [0.05, 0.1) is 27.8 Å². The summed E-state index contributed by atoms with van der Waals surface area (Å²) in [5.74, 6) is 2.48. The molecule has 0 saturated heterocycles. The molecule has 0 radical (unpaired) electrons. The van der Waals surface area contributed by atoms with Crippen molar-refractivity contribution in [2.45, 2.75) is 5.41 Å². The summed E-state index contributed by atoms with van der Waals surface area (Å²) in [6.45, 7) is 0. The molecular formula is C61H37N3O. The maximum absolute atomic E-state index is 7.23. The summed E-state index contributed by atoms with van der Waals surface area (Å²) in [5.41, 5.74) is 14.6. The van der Waals surface area contributed by atoms with E-state index in [0.29, 0.717) is 5.82 Å². The van der Waals surface area contributed by atoms with Crippen LogP contribution in [0.25, 0.3) is 94.1 Å². The van der Waals surface area contributed by atoms with E-state index in [4.69, 9.17) is 14.7 Å². The minimum absolute atomic E-state index is 0.673. The average Bonchev–Trinajstić information content (AvgIpc) is 3.87. The van der Waals surface area contributed by atoms with Gasteiger partial charge in [-0.3, -0.25) is 0 Å². The minimum atomic E-state index is -0.673. The van der Waals surface area contributed by atoms with Crippen LogP contribution >= 0.6 is 0 Å². The van der Waals surface area contributed by atoms with Crippen LogP contribution in [0.15, 0.2) is 224 Å². The summed E-state index contributed by atoms with van der Waals surface area (Å²) in [7, 11) is 0. The second kappa shape index (κ2) is 13.7. The summed E-state index contributed by atoms with van der Waals surface area (Å²) in [4.78, 5) is 10.7. The van der Waals surface area contributed by atoms with Gasteiger partial charge in [-0.1, -0.05) is 188 Å². The Morgan fingerprint density at radius 2 is 0.892 bits per heavy atom. The van der Waals surface area contributed by atoms with Crippen molar-refractivity contribution in [3.8, 4) is 62.2 Å². The molecule has 12 aromatic rings. The first-order valence-electron chi connectivity index (χ1n) is 22.2. The van der Waals surface area contributed by atoms with Crippen LogP contribution in [0.3, 0.4) is 0 Å². The number of benzene rings is 10. The molecule has 0 N–H and O–H groups in total. The highest BCUT2D eigenvalue weighted by molar-refractivity contribution is 6.09. The standard InChI is InChI=1S/C61H37N3O/c1-2-17-40(18-3-1)60-62-54(41-19-14-20-43(35-41)64-56-27-12-9-24-48(56)49-25-10-13-28-57(49)64)37-55(63-60)42-29-32-47-46-23-8-11-26-50(46)61(53(47)36-42)51-33-30-38-15-4-6-21-44(38)58(51)65-59-45-22-7-5-16-39(45)31-34-52(59)61/h1-37H. The Labute approximate surface area is 375 Å². The van der Waals surface area contributed by atoms with Crippen LogP contribution in [-0.4, -0.2) is 14.5 Å². The Hall–Kier alpha value is -8.60. The molecule has 10 aromatic carbocycles. The van der Waals surface area contributed by atoms with Gasteiger partial charge in [0.1, 0.15) is 11.5 Å². The molecule has 1 aliphatic carbocycles. The Morgan fingerprint density at radius 3 is 1.57 bits per heavy atom. The van der Waals surface area contributed by atoms with Crippen LogP contribution in [0.1, 0.15) is 22.3 Å². The molecule has 0 bridgehead atoms. The second-order valence-corrected chi connectivity index (χ2v) is 17.2. The van der Waals surface area contributed by atoms with Gasteiger partial charge in [0, 0.05) is 55.0 Å². The largest absolute Gasteiger partial charge is 0.455 e. The summed E-state index contributed by atoms with van der Waals surface area (Å²) in [6, 6.07) is 80.7. The van der Waals surface area contributed by atoms with Crippen LogP contribution in [0.2, 0.25) is 0 Å². The van der Waals surface area contributed by atoms with E-state index in [-0.39, 0.29) is 0 Å². The molecule has 1 spiro atoms. The molecule has 2 aliphatic rings. The maximum Gasteiger partial charge on any atom is 0.160 e. The molecular weight excluding hydrogens is 791 g/mol. The molecule has 302 valence electrons. The highest BCUT2D eigenvalue weighted by Crippen LogP contribution is 2.64. The average molecular weight is 828 g/mol. The molecule has 0 amide bonds. The van der Waals surface area contributed by atoms with E-state index < -0.39 is 5.41 Å². The Kier molecular flexibility index (Phi) is 7.57. The van der Waals surface area contributed by atoms with E-state index >= 15 is 0 Å². The molecule has 0 unspecified atom stereocenters. The number of hydrogen-bond acceptors (Lipinski definition) is 3. The Morgan fingerprint density at radius 1 is 0.354 bits per heavy atom. The molecule has 4 heteroatoms. The van der Waals surface area contributed by atoms with Gasteiger partial charge in [-0.2, -0.15) is 0 Å². The first-order chi connectivity index (χ1) is 32.2. The van der Waals surface area contributed by atoms with Gasteiger partial charge in [-0.15, -0.1) is 0 Å². The molecule has 14 rings (SSSR count). The highest BCUT2D eigenvalue weighted by Gasteiger charge is 2.52. The van der Waals surface area contributed by atoms with Crippen molar-refractivity contribution in [3.05, 3.63) is 247 Å². The van der Waals surface area contributed by atoms with E-state index in [2.05, 4.69) is 223 Å². The number of ether oxygens (including phenoxy) is 1. The summed E-state index contributed by atoms with van der Waals surface area (Å²) in [6.07, 6.45) is 0. The SMILES string of the molecule is c1ccc(-c2nc(-c3cccc(-n4c5ccccc5c5ccccc54)c3)cc(-c3ccc4c(c3)C3(c5ccccc5-4)c4ccc5ccccc5c4Oc4c3ccc3ccccc43)n2)cc1. The van der Waals surface area contributed by atoms with Crippen molar-refractivity contribution in [2.75, 3.05) is 0 Å². The molecule has 4 nitrogen and oxygen atoms in total. The van der Waals surface area contributed by atoms with Crippen molar-refractivity contribution in [2.24, 2.45) is 0 Å². The predicted octanol–water partition coefficient (Wildman–Crippen LogP) is 15.3. The molecule has 65 heavy (non-hydrogen) atoms. The Bertz CT molecular complexity index is 3800. The molecule has 1 aliphatic heterocycles. The second-order valence-electron chi connectivity index (χ2n) is 17.2. The molecule has 0 saturated carbocycles. The van der Waals surface area contributed by atoms with Crippen molar-refractivity contribution in [3.63, 3.8) is 0 Å². The first kappa shape index (κ1) is 35.9. The Balaban J connectivity index is 1.01. The third-order valence-electron chi connectivity index (χ3n) is 13.9. The van der Waals surface area contributed by atoms with Gasteiger partial charge < -0.3 is 9.30 Å². The molecule has 0 atom stereocenters. The van der Waals surface area contributed by atoms with Crippen LogP contribution in [0.5, 0.6) is 11.5 Å². The maximum atomic E-state index is 7.23. The molecule has 0 fully saturated rings. The first-order valence-corrected chi connectivity index (χ1v) is 22.2. The van der Waals surface area contributed by atoms with Crippen molar-refractivity contribution in [1.29, 1.82) is 0 Å².